The summed E-state index contributed by atoms with van der Waals surface area (Å²) in [7, 11) is 1.37. The number of carbonyl (C=O) groups excluding carboxylic acids is 2. The average molecular weight is 327 g/mol. The molecule has 1 aromatic rings. The zero-order valence-corrected chi connectivity index (χ0v) is 14.5. The number of hydrogen-bond donors (Lipinski definition) is 0. The summed E-state index contributed by atoms with van der Waals surface area (Å²) in [5.74, 6) is -0.662. The summed E-state index contributed by atoms with van der Waals surface area (Å²) >= 11 is 0. The van der Waals surface area contributed by atoms with Crippen molar-refractivity contribution >= 4 is 11.9 Å². The van der Waals surface area contributed by atoms with Crippen molar-refractivity contribution in [2.45, 2.75) is 46.6 Å². The first-order valence-corrected chi connectivity index (χ1v) is 7.85. The molecule has 1 aliphatic heterocycles. The molecule has 0 spiro atoms. The van der Waals surface area contributed by atoms with Crippen LogP contribution in [0.3, 0.4) is 0 Å². The largest absolute Gasteiger partial charge is 0.469 e. The summed E-state index contributed by atoms with van der Waals surface area (Å²) in [6.07, 6.45) is 3.49. The number of methoxy groups -OCH3 is 1. The summed E-state index contributed by atoms with van der Waals surface area (Å²) in [5, 5.41) is 9.55. The van der Waals surface area contributed by atoms with Gasteiger partial charge in [0.05, 0.1) is 18.2 Å². The Labute approximate surface area is 141 Å². The van der Waals surface area contributed by atoms with Gasteiger partial charge in [-0.05, 0) is 50.3 Å². The Kier molecular flexibility index (Phi) is 5.40. The fourth-order valence-corrected chi connectivity index (χ4v) is 2.90. The van der Waals surface area contributed by atoms with E-state index in [9.17, 15) is 14.9 Å². The first-order valence-electron chi connectivity index (χ1n) is 7.85. The van der Waals surface area contributed by atoms with E-state index in [1.807, 2.05) is 26.8 Å². The Bertz CT molecular complexity index is 769. The highest BCUT2D eigenvalue weighted by Crippen LogP contribution is 2.33. The molecule has 126 valence electrons. The van der Waals surface area contributed by atoms with Gasteiger partial charge in [-0.25, -0.2) is 4.79 Å². The van der Waals surface area contributed by atoms with Gasteiger partial charge in [0.2, 0.25) is 0 Å². The highest BCUT2D eigenvalue weighted by molar-refractivity contribution is 5.97. The van der Waals surface area contributed by atoms with Crippen LogP contribution in [0, 0.1) is 25.2 Å². The average Bonchev–Trinajstić information content (AvgIpc) is 2.96. The third-order valence-corrected chi connectivity index (χ3v) is 4.59. The molecule has 0 saturated heterocycles. The minimum atomic E-state index is -0.419. The van der Waals surface area contributed by atoms with E-state index in [1.165, 1.54) is 7.11 Å². The summed E-state index contributed by atoms with van der Waals surface area (Å²) in [6, 6.07) is 2.17. The number of nitrogens with zero attached hydrogens (tertiary/aromatic N) is 1. The Morgan fingerprint density at radius 1 is 1.33 bits per heavy atom. The zero-order valence-electron chi connectivity index (χ0n) is 14.5. The molecule has 5 nitrogen and oxygen atoms in total. The predicted molar refractivity (Wildman–Crippen MR) is 88.5 cm³/mol. The molecule has 0 atom stereocenters. The molecule has 0 amide bonds. The summed E-state index contributed by atoms with van der Waals surface area (Å²) in [6.45, 7) is 6.10. The molecule has 1 aromatic carbocycles. The van der Waals surface area contributed by atoms with Crippen molar-refractivity contribution in [2.75, 3.05) is 7.11 Å². The van der Waals surface area contributed by atoms with Gasteiger partial charge in [0.15, 0.2) is 0 Å². The van der Waals surface area contributed by atoms with E-state index in [0.717, 1.165) is 27.8 Å². The zero-order chi connectivity index (χ0) is 17.9. The molecule has 1 aliphatic rings. The standard InChI is InChI=1S/C19H21NO4/c1-11(6-8-17(21)23-4)5-7-14-12(2)13(3)16-10-24-19(22)18(16)15(14)9-20/h5H,6-8,10H2,1-4H3/b11-5+. The lowest BCUT2D eigenvalue weighted by atomic mass is 9.87. The van der Waals surface area contributed by atoms with Crippen LogP contribution in [-0.2, 0) is 27.3 Å². The van der Waals surface area contributed by atoms with Crippen LogP contribution < -0.4 is 0 Å². The van der Waals surface area contributed by atoms with E-state index < -0.39 is 5.97 Å². The lowest BCUT2D eigenvalue weighted by Crippen LogP contribution is -2.06. The van der Waals surface area contributed by atoms with E-state index in [4.69, 9.17) is 4.74 Å². The van der Waals surface area contributed by atoms with Crippen LogP contribution in [-0.4, -0.2) is 19.0 Å². The third-order valence-electron chi connectivity index (χ3n) is 4.59. The highest BCUT2D eigenvalue weighted by atomic mass is 16.5. The number of fused-ring (bicyclic) bond motifs is 1. The van der Waals surface area contributed by atoms with Crippen molar-refractivity contribution in [1.29, 1.82) is 5.26 Å². The van der Waals surface area contributed by atoms with Crippen LogP contribution in [0.25, 0.3) is 0 Å². The number of carbonyl (C=O) groups is 2. The number of ether oxygens (including phenoxy) is 2. The lowest BCUT2D eigenvalue weighted by Gasteiger charge is -2.14. The van der Waals surface area contributed by atoms with E-state index in [0.29, 0.717) is 30.4 Å². The van der Waals surface area contributed by atoms with Crippen molar-refractivity contribution in [3.63, 3.8) is 0 Å². The molecule has 24 heavy (non-hydrogen) atoms. The molecule has 0 aliphatic carbocycles. The number of allylic oxidation sites excluding steroid dienone is 2. The molecule has 1 heterocycles. The molecule has 5 heteroatoms. The molecule has 0 unspecified atom stereocenters. The molecule has 0 radical (unpaired) electrons. The lowest BCUT2D eigenvalue weighted by molar-refractivity contribution is -0.140. The van der Waals surface area contributed by atoms with Crippen LogP contribution in [0.2, 0.25) is 0 Å². The van der Waals surface area contributed by atoms with Gasteiger partial charge in [-0.15, -0.1) is 0 Å². The molecular formula is C19H21NO4. The van der Waals surface area contributed by atoms with Crippen LogP contribution in [0.4, 0.5) is 0 Å². The van der Waals surface area contributed by atoms with Gasteiger partial charge in [-0.1, -0.05) is 11.6 Å². The van der Waals surface area contributed by atoms with Crippen molar-refractivity contribution < 1.29 is 19.1 Å². The van der Waals surface area contributed by atoms with E-state index in [1.54, 1.807) is 0 Å². The number of benzene rings is 1. The molecule has 0 aromatic heterocycles. The fourth-order valence-electron chi connectivity index (χ4n) is 2.90. The third kappa shape index (κ3) is 3.33. The van der Waals surface area contributed by atoms with Crippen molar-refractivity contribution in [2.24, 2.45) is 0 Å². The second-order valence-corrected chi connectivity index (χ2v) is 5.98. The van der Waals surface area contributed by atoms with Gasteiger partial charge in [0, 0.05) is 12.0 Å². The topological polar surface area (TPSA) is 76.4 Å². The van der Waals surface area contributed by atoms with Crippen molar-refractivity contribution in [3.05, 3.63) is 45.0 Å². The van der Waals surface area contributed by atoms with Gasteiger partial charge >= 0.3 is 11.9 Å². The van der Waals surface area contributed by atoms with Crippen LogP contribution in [0.1, 0.15) is 57.9 Å². The second kappa shape index (κ2) is 7.31. The molecule has 0 bridgehead atoms. The van der Waals surface area contributed by atoms with Crippen LogP contribution in [0.15, 0.2) is 11.6 Å². The maximum absolute atomic E-state index is 12.0. The van der Waals surface area contributed by atoms with Gasteiger partial charge in [-0.2, -0.15) is 5.26 Å². The van der Waals surface area contributed by atoms with Gasteiger partial charge in [-0.3, -0.25) is 4.79 Å². The van der Waals surface area contributed by atoms with Crippen LogP contribution in [0.5, 0.6) is 0 Å². The number of rotatable bonds is 5. The SMILES string of the molecule is COC(=O)CC/C(C)=C/Cc1c(C)c(C)c2c(c1C#N)C(=O)OC2. The number of nitriles is 1. The molecule has 2 rings (SSSR count). The molecular weight excluding hydrogens is 306 g/mol. The smallest absolute Gasteiger partial charge is 0.340 e. The number of cyclic esters (lactones) is 1. The van der Waals surface area contributed by atoms with E-state index in [-0.39, 0.29) is 12.6 Å². The van der Waals surface area contributed by atoms with Gasteiger partial charge in [0.1, 0.15) is 12.7 Å². The Morgan fingerprint density at radius 2 is 2.04 bits per heavy atom. The maximum atomic E-state index is 12.0. The van der Waals surface area contributed by atoms with Crippen molar-refractivity contribution in [3.8, 4) is 6.07 Å². The Balaban J connectivity index is 2.33. The minimum Gasteiger partial charge on any atom is -0.469 e. The summed E-state index contributed by atoms with van der Waals surface area (Å²) in [4.78, 5) is 23.2. The maximum Gasteiger partial charge on any atom is 0.340 e. The predicted octanol–water partition coefficient (Wildman–Crippen LogP) is 3.29. The normalized spacial score (nSPS) is 13.3. The number of esters is 2. The number of hydrogen-bond acceptors (Lipinski definition) is 5. The first-order chi connectivity index (χ1) is 11.4. The quantitative estimate of drug-likeness (QED) is 0.612. The summed E-state index contributed by atoms with van der Waals surface area (Å²) < 4.78 is 9.74. The van der Waals surface area contributed by atoms with E-state index in [2.05, 4.69) is 10.8 Å². The second-order valence-electron chi connectivity index (χ2n) is 5.98. The molecule has 0 fully saturated rings. The Hall–Kier alpha value is -2.61. The highest BCUT2D eigenvalue weighted by Gasteiger charge is 2.30. The van der Waals surface area contributed by atoms with Crippen LogP contribution >= 0.6 is 0 Å². The fraction of sp³-hybridized carbons (Fsp3) is 0.421. The molecule has 0 saturated carbocycles. The first kappa shape index (κ1) is 17.7. The Morgan fingerprint density at radius 3 is 2.67 bits per heavy atom. The minimum absolute atomic E-state index is 0.240. The van der Waals surface area contributed by atoms with Gasteiger partial charge in [0.25, 0.3) is 0 Å². The van der Waals surface area contributed by atoms with E-state index >= 15 is 0 Å². The molecule has 0 N–H and O–H groups in total. The summed E-state index contributed by atoms with van der Waals surface area (Å²) in [5.41, 5.74) is 5.56. The monoisotopic (exact) mass is 327 g/mol. The van der Waals surface area contributed by atoms with Crippen molar-refractivity contribution in [1.82, 2.24) is 0 Å². The van der Waals surface area contributed by atoms with Gasteiger partial charge < -0.3 is 9.47 Å².